The zero-order valence-electron chi connectivity index (χ0n) is 15.8. The number of nitrogens with one attached hydrogen (secondary N) is 1. The van der Waals surface area contributed by atoms with Gasteiger partial charge in [-0.1, -0.05) is 11.6 Å². The van der Waals surface area contributed by atoms with Gasteiger partial charge in [-0.3, -0.25) is 4.79 Å². The molecule has 4 nitrogen and oxygen atoms in total. The number of halogens is 2. The molecule has 1 aliphatic heterocycles. The maximum absolute atomic E-state index is 13.1. The van der Waals surface area contributed by atoms with E-state index in [1.807, 2.05) is 17.0 Å². The van der Waals surface area contributed by atoms with Crippen LogP contribution in [0.15, 0.2) is 18.2 Å². The molecular formula is C21H30Cl2N2O2. The van der Waals surface area contributed by atoms with Crippen molar-refractivity contribution in [1.29, 1.82) is 0 Å². The van der Waals surface area contributed by atoms with Crippen LogP contribution in [0.3, 0.4) is 0 Å². The molecule has 0 bridgehead atoms. The monoisotopic (exact) mass is 412 g/mol. The van der Waals surface area contributed by atoms with Crippen molar-refractivity contribution in [2.45, 2.75) is 63.5 Å². The Morgan fingerprint density at radius 3 is 2.48 bits per heavy atom. The number of hydrogen-bond acceptors (Lipinski definition) is 3. The van der Waals surface area contributed by atoms with Crippen LogP contribution in [0.5, 0.6) is 5.75 Å². The number of likely N-dealkylation sites (tertiary alicyclic amines) is 1. The summed E-state index contributed by atoms with van der Waals surface area (Å²) in [5.41, 5.74) is 0.619. The lowest BCUT2D eigenvalue weighted by atomic mass is 10.0. The highest BCUT2D eigenvalue weighted by molar-refractivity contribution is 6.31. The van der Waals surface area contributed by atoms with E-state index in [2.05, 4.69) is 5.32 Å². The number of carbonyl (C=O) groups excluding carboxylic acids is 1. The molecule has 0 radical (unpaired) electrons. The summed E-state index contributed by atoms with van der Waals surface area (Å²) >= 11 is 6.18. The van der Waals surface area contributed by atoms with Crippen LogP contribution in [-0.2, 0) is 0 Å². The van der Waals surface area contributed by atoms with Crippen LogP contribution >= 0.6 is 24.0 Å². The van der Waals surface area contributed by atoms with Gasteiger partial charge in [0.05, 0.1) is 11.7 Å². The summed E-state index contributed by atoms with van der Waals surface area (Å²) in [6, 6.07) is 5.99. The van der Waals surface area contributed by atoms with Crippen molar-refractivity contribution >= 4 is 29.9 Å². The van der Waals surface area contributed by atoms with Crippen LogP contribution in [0.4, 0.5) is 0 Å². The molecule has 3 fully saturated rings. The molecule has 0 spiro atoms. The number of ether oxygens (including phenoxy) is 1. The van der Waals surface area contributed by atoms with Gasteiger partial charge >= 0.3 is 0 Å². The number of amides is 1. The van der Waals surface area contributed by atoms with Crippen LogP contribution in [0, 0.1) is 5.92 Å². The quantitative estimate of drug-likeness (QED) is 0.736. The highest BCUT2D eigenvalue weighted by Crippen LogP contribution is 2.31. The lowest BCUT2D eigenvalue weighted by Crippen LogP contribution is -2.45. The molecule has 1 N–H and O–H groups in total. The van der Waals surface area contributed by atoms with Crippen molar-refractivity contribution < 1.29 is 9.53 Å². The molecule has 1 heterocycles. The predicted molar refractivity (Wildman–Crippen MR) is 111 cm³/mol. The second kappa shape index (κ2) is 9.49. The maximum Gasteiger partial charge on any atom is 0.257 e. The normalized spacial score (nSPS) is 21.1. The van der Waals surface area contributed by atoms with Gasteiger partial charge in [0.2, 0.25) is 0 Å². The summed E-state index contributed by atoms with van der Waals surface area (Å²) < 4.78 is 6.15. The Morgan fingerprint density at radius 2 is 1.81 bits per heavy atom. The van der Waals surface area contributed by atoms with Gasteiger partial charge < -0.3 is 15.0 Å². The summed E-state index contributed by atoms with van der Waals surface area (Å²) in [5.74, 6) is 1.65. The first-order chi connectivity index (χ1) is 12.7. The Hall–Kier alpha value is -0.970. The van der Waals surface area contributed by atoms with E-state index in [1.54, 1.807) is 6.07 Å². The highest BCUT2D eigenvalue weighted by Gasteiger charge is 2.28. The third-order valence-electron chi connectivity index (χ3n) is 5.94. The standard InChI is InChI=1S/C21H29ClN2O2.ClH/c22-16-7-8-20(26-18-3-1-2-4-18)19(13-16)21(25)24-11-9-17(10-12-24)23-14-15-5-6-15;/h7-8,13,15,17-18,23H,1-6,9-12,14H2;1H. The topological polar surface area (TPSA) is 41.6 Å². The lowest BCUT2D eigenvalue weighted by molar-refractivity contribution is 0.0697. The Balaban J connectivity index is 0.00000210. The first kappa shape index (κ1) is 20.8. The van der Waals surface area contributed by atoms with Gasteiger partial charge in [0, 0.05) is 24.2 Å². The van der Waals surface area contributed by atoms with Crippen LogP contribution in [0.25, 0.3) is 0 Å². The zero-order valence-corrected chi connectivity index (χ0v) is 17.4. The highest BCUT2D eigenvalue weighted by atomic mass is 35.5. The molecule has 1 aromatic rings. The van der Waals surface area contributed by atoms with E-state index in [4.69, 9.17) is 16.3 Å². The Kier molecular flexibility index (Phi) is 7.29. The van der Waals surface area contributed by atoms with Gasteiger partial charge in [0.25, 0.3) is 5.91 Å². The van der Waals surface area contributed by atoms with Crippen LogP contribution in [-0.4, -0.2) is 42.6 Å². The average Bonchev–Trinajstić information content (AvgIpc) is 3.36. The molecule has 150 valence electrons. The number of benzene rings is 1. The number of carbonyl (C=O) groups is 1. The first-order valence-electron chi connectivity index (χ1n) is 10.2. The average molecular weight is 413 g/mol. The number of hydrogen-bond donors (Lipinski definition) is 1. The number of piperidine rings is 1. The minimum Gasteiger partial charge on any atom is -0.490 e. The van der Waals surface area contributed by atoms with Crippen LogP contribution < -0.4 is 10.1 Å². The first-order valence-corrected chi connectivity index (χ1v) is 10.6. The van der Waals surface area contributed by atoms with E-state index < -0.39 is 0 Å². The number of rotatable bonds is 6. The van der Waals surface area contributed by atoms with Gasteiger partial charge in [-0.2, -0.15) is 0 Å². The molecule has 2 saturated carbocycles. The van der Waals surface area contributed by atoms with Crippen molar-refractivity contribution in [2.24, 2.45) is 5.92 Å². The van der Waals surface area contributed by atoms with Gasteiger partial charge in [-0.25, -0.2) is 0 Å². The van der Waals surface area contributed by atoms with Crippen LogP contribution in [0.2, 0.25) is 5.02 Å². The van der Waals surface area contributed by atoms with E-state index in [9.17, 15) is 4.79 Å². The van der Waals surface area contributed by atoms with E-state index in [0.29, 0.717) is 22.4 Å². The van der Waals surface area contributed by atoms with E-state index in [0.717, 1.165) is 51.2 Å². The summed E-state index contributed by atoms with van der Waals surface area (Å²) in [7, 11) is 0. The van der Waals surface area contributed by atoms with Crippen molar-refractivity contribution in [3.8, 4) is 5.75 Å². The molecule has 27 heavy (non-hydrogen) atoms. The SMILES string of the molecule is Cl.O=C(c1cc(Cl)ccc1OC1CCCC1)N1CCC(NCC2CC2)CC1. The van der Waals surface area contributed by atoms with Crippen LogP contribution in [0.1, 0.15) is 61.7 Å². The molecule has 6 heteroatoms. The third kappa shape index (κ3) is 5.52. The summed E-state index contributed by atoms with van der Waals surface area (Å²) in [6.45, 7) is 2.75. The molecule has 1 aromatic carbocycles. The third-order valence-corrected chi connectivity index (χ3v) is 6.18. The van der Waals surface area contributed by atoms with Gasteiger partial charge in [-0.05, 0) is 82.0 Å². The fourth-order valence-electron chi connectivity index (χ4n) is 4.07. The smallest absolute Gasteiger partial charge is 0.257 e. The lowest BCUT2D eigenvalue weighted by Gasteiger charge is -2.33. The summed E-state index contributed by atoms with van der Waals surface area (Å²) in [4.78, 5) is 15.1. The Morgan fingerprint density at radius 1 is 1.11 bits per heavy atom. The Bertz CT molecular complexity index is 637. The predicted octanol–water partition coefficient (Wildman–Crippen LogP) is 4.69. The second-order valence-corrected chi connectivity index (χ2v) is 8.52. The number of nitrogens with zero attached hydrogens (tertiary/aromatic N) is 1. The molecule has 2 aliphatic carbocycles. The molecule has 3 aliphatic rings. The van der Waals surface area contributed by atoms with Crippen molar-refractivity contribution in [3.05, 3.63) is 28.8 Å². The van der Waals surface area contributed by atoms with Crippen molar-refractivity contribution in [2.75, 3.05) is 19.6 Å². The second-order valence-electron chi connectivity index (χ2n) is 8.08. The molecule has 4 rings (SSSR count). The molecular weight excluding hydrogens is 383 g/mol. The Labute approximate surface area is 173 Å². The van der Waals surface area contributed by atoms with E-state index in [-0.39, 0.29) is 24.4 Å². The molecule has 0 atom stereocenters. The van der Waals surface area contributed by atoms with Gasteiger partial charge in [0.1, 0.15) is 5.75 Å². The maximum atomic E-state index is 13.1. The zero-order chi connectivity index (χ0) is 17.9. The fourth-order valence-corrected chi connectivity index (χ4v) is 4.24. The van der Waals surface area contributed by atoms with Crippen molar-refractivity contribution in [3.63, 3.8) is 0 Å². The molecule has 0 unspecified atom stereocenters. The largest absolute Gasteiger partial charge is 0.490 e. The molecule has 1 saturated heterocycles. The fraction of sp³-hybridized carbons (Fsp3) is 0.667. The van der Waals surface area contributed by atoms with Gasteiger partial charge in [0.15, 0.2) is 0 Å². The summed E-state index contributed by atoms with van der Waals surface area (Å²) in [6.07, 6.45) is 9.62. The van der Waals surface area contributed by atoms with Crippen molar-refractivity contribution in [1.82, 2.24) is 10.2 Å². The molecule has 1 amide bonds. The van der Waals surface area contributed by atoms with E-state index >= 15 is 0 Å². The minimum absolute atomic E-state index is 0. The minimum atomic E-state index is 0. The van der Waals surface area contributed by atoms with E-state index in [1.165, 1.54) is 25.7 Å². The summed E-state index contributed by atoms with van der Waals surface area (Å²) in [5, 5.41) is 4.26. The molecule has 0 aromatic heterocycles. The van der Waals surface area contributed by atoms with Gasteiger partial charge in [-0.15, -0.1) is 12.4 Å².